The van der Waals surface area contributed by atoms with Crippen molar-refractivity contribution in [3.8, 4) is 0 Å². The first-order valence-electron chi connectivity index (χ1n) is 5.24. The zero-order valence-electron chi connectivity index (χ0n) is 9.03. The topological polar surface area (TPSA) is 39.1 Å². The molecule has 0 radical (unpaired) electrons. The molecule has 1 aliphatic heterocycles. The third kappa shape index (κ3) is 2.17. The fourth-order valence-electron chi connectivity index (χ4n) is 1.72. The van der Waals surface area contributed by atoms with Gasteiger partial charge in [-0.15, -0.1) is 0 Å². The summed E-state index contributed by atoms with van der Waals surface area (Å²) >= 11 is 6.26. The van der Waals surface area contributed by atoms with Gasteiger partial charge in [0, 0.05) is 18.2 Å². The lowest BCUT2D eigenvalue weighted by molar-refractivity contribution is 0.0769. The first kappa shape index (κ1) is 10.9. The molecule has 0 amide bonds. The van der Waals surface area contributed by atoms with Crippen molar-refractivity contribution >= 4 is 11.6 Å². The second kappa shape index (κ2) is 4.51. The number of nitrogens with one attached hydrogen (secondary N) is 1. The molecule has 1 aromatic rings. The fraction of sp³-hybridized carbons (Fsp3) is 0.700. The van der Waals surface area contributed by atoms with Crippen LogP contribution >= 0.6 is 11.6 Å². The van der Waals surface area contributed by atoms with Crippen LogP contribution in [0.4, 0.5) is 0 Å². The Morgan fingerprint density at radius 3 is 3.00 bits per heavy atom. The van der Waals surface area contributed by atoms with Gasteiger partial charge >= 0.3 is 0 Å². The molecule has 0 aromatic carbocycles. The van der Waals surface area contributed by atoms with Crippen LogP contribution in [0.2, 0.25) is 5.15 Å². The molecule has 1 unspecified atom stereocenters. The normalized spacial score (nSPS) is 22.3. The average Bonchev–Trinajstić information content (AvgIpc) is 2.61. The number of hydrogen-bond acceptors (Lipinski definition) is 3. The molecule has 15 heavy (non-hydrogen) atoms. The Morgan fingerprint density at radius 2 is 2.47 bits per heavy atom. The first-order valence-corrected chi connectivity index (χ1v) is 5.62. The SMILES string of the molecule is CC(C)n1ncc(C2COCCN2)c1Cl. The zero-order valence-corrected chi connectivity index (χ0v) is 9.79. The van der Waals surface area contributed by atoms with E-state index in [1.165, 1.54) is 0 Å². The summed E-state index contributed by atoms with van der Waals surface area (Å²) in [6.45, 7) is 6.44. The lowest BCUT2D eigenvalue weighted by Gasteiger charge is -2.23. The summed E-state index contributed by atoms with van der Waals surface area (Å²) in [4.78, 5) is 0. The summed E-state index contributed by atoms with van der Waals surface area (Å²) in [5.74, 6) is 0. The van der Waals surface area contributed by atoms with E-state index in [9.17, 15) is 0 Å². The number of rotatable bonds is 2. The van der Waals surface area contributed by atoms with Crippen molar-refractivity contribution in [3.63, 3.8) is 0 Å². The van der Waals surface area contributed by atoms with Gasteiger partial charge in [0.25, 0.3) is 0 Å². The zero-order chi connectivity index (χ0) is 10.8. The van der Waals surface area contributed by atoms with Crippen molar-refractivity contribution in [2.24, 2.45) is 0 Å². The third-order valence-corrected chi connectivity index (χ3v) is 2.94. The number of morpholine rings is 1. The molecule has 84 valence electrons. The maximum absolute atomic E-state index is 6.26. The number of ether oxygens (including phenoxy) is 1. The largest absolute Gasteiger partial charge is 0.378 e. The minimum Gasteiger partial charge on any atom is -0.378 e. The predicted octanol–water partition coefficient (Wildman–Crippen LogP) is 1.78. The molecule has 0 spiro atoms. The van der Waals surface area contributed by atoms with E-state index in [-0.39, 0.29) is 12.1 Å². The van der Waals surface area contributed by atoms with E-state index in [0.29, 0.717) is 11.8 Å². The molecule has 0 aliphatic carbocycles. The van der Waals surface area contributed by atoms with Crippen molar-refractivity contribution in [3.05, 3.63) is 16.9 Å². The maximum Gasteiger partial charge on any atom is 0.132 e. The molecule has 1 atom stereocenters. The molecule has 1 N–H and O–H groups in total. The molecule has 5 heteroatoms. The van der Waals surface area contributed by atoms with Gasteiger partial charge < -0.3 is 10.1 Å². The second-order valence-electron chi connectivity index (χ2n) is 4.01. The quantitative estimate of drug-likeness (QED) is 0.840. The van der Waals surface area contributed by atoms with Gasteiger partial charge in [-0.2, -0.15) is 5.10 Å². The van der Waals surface area contributed by atoms with Gasteiger partial charge in [0.2, 0.25) is 0 Å². The predicted molar refractivity (Wildman–Crippen MR) is 59.2 cm³/mol. The van der Waals surface area contributed by atoms with Gasteiger partial charge in [-0.25, -0.2) is 0 Å². The van der Waals surface area contributed by atoms with Gasteiger partial charge in [-0.05, 0) is 13.8 Å². The van der Waals surface area contributed by atoms with Gasteiger partial charge in [0.15, 0.2) is 0 Å². The smallest absolute Gasteiger partial charge is 0.132 e. The van der Waals surface area contributed by atoms with E-state index < -0.39 is 0 Å². The highest BCUT2D eigenvalue weighted by atomic mass is 35.5. The second-order valence-corrected chi connectivity index (χ2v) is 4.37. The van der Waals surface area contributed by atoms with Crippen molar-refractivity contribution < 1.29 is 4.74 Å². The Hall–Kier alpha value is -0.580. The lowest BCUT2D eigenvalue weighted by Crippen LogP contribution is -2.34. The van der Waals surface area contributed by atoms with E-state index >= 15 is 0 Å². The monoisotopic (exact) mass is 229 g/mol. The molecule has 0 bridgehead atoms. The minimum absolute atomic E-state index is 0.179. The fourth-order valence-corrected chi connectivity index (χ4v) is 2.14. The van der Waals surface area contributed by atoms with Gasteiger partial charge in [0.05, 0.1) is 25.5 Å². The molecule has 1 aromatic heterocycles. The Morgan fingerprint density at radius 1 is 1.67 bits per heavy atom. The molecule has 1 saturated heterocycles. The Kier molecular flexibility index (Phi) is 3.29. The molecule has 2 rings (SSSR count). The van der Waals surface area contributed by atoms with Gasteiger partial charge in [-0.3, -0.25) is 4.68 Å². The van der Waals surface area contributed by atoms with Crippen molar-refractivity contribution in [2.75, 3.05) is 19.8 Å². The van der Waals surface area contributed by atoms with E-state index in [1.54, 1.807) is 0 Å². The summed E-state index contributed by atoms with van der Waals surface area (Å²) < 4.78 is 7.23. The van der Waals surface area contributed by atoms with Crippen LogP contribution in [-0.4, -0.2) is 29.5 Å². The lowest BCUT2D eigenvalue weighted by atomic mass is 10.1. The molecule has 2 heterocycles. The van der Waals surface area contributed by atoms with Crippen LogP contribution in [0.15, 0.2) is 6.20 Å². The minimum atomic E-state index is 0.179. The highest BCUT2D eigenvalue weighted by molar-refractivity contribution is 6.30. The van der Waals surface area contributed by atoms with Gasteiger partial charge in [0.1, 0.15) is 5.15 Å². The van der Waals surface area contributed by atoms with Crippen molar-refractivity contribution in [1.29, 1.82) is 0 Å². The van der Waals surface area contributed by atoms with E-state index in [1.807, 2.05) is 10.9 Å². The van der Waals surface area contributed by atoms with Crippen molar-refractivity contribution in [2.45, 2.75) is 25.9 Å². The molecular formula is C10H16ClN3O. The average molecular weight is 230 g/mol. The van der Waals surface area contributed by atoms with Crippen LogP contribution < -0.4 is 5.32 Å². The molecular weight excluding hydrogens is 214 g/mol. The van der Waals surface area contributed by atoms with E-state index in [2.05, 4.69) is 24.3 Å². The number of aromatic nitrogens is 2. The van der Waals surface area contributed by atoms with Crippen LogP contribution in [0.3, 0.4) is 0 Å². The Bertz CT molecular complexity index is 331. The molecule has 1 aliphatic rings. The standard InChI is InChI=1S/C10H16ClN3O/c1-7(2)14-10(11)8(5-13-14)9-6-15-4-3-12-9/h5,7,9,12H,3-4,6H2,1-2H3. The summed E-state index contributed by atoms with van der Waals surface area (Å²) in [5, 5.41) is 8.36. The molecule has 4 nitrogen and oxygen atoms in total. The van der Waals surface area contributed by atoms with Gasteiger partial charge in [-0.1, -0.05) is 11.6 Å². The van der Waals surface area contributed by atoms with Crippen LogP contribution in [0.5, 0.6) is 0 Å². The summed E-state index contributed by atoms with van der Waals surface area (Å²) in [6.07, 6.45) is 1.83. The number of hydrogen-bond donors (Lipinski definition) is 1. The van der Waals surface area contributed by atoms with E-state index in [4.69, 9.17) is 16.3 Å². The highest BCUT2D eigenvalue weighted by Crippen LogP contribution is 2.26. The van der Waals surface area contributed by atoms with Crippen LogP contribution in [-0.2, 0) is 4.74 Å². The first-order chi connectivity index (χ1) is 7.20. The molecule has 0 saturated carbocycles. The molecule has 1 fully saturated rings. The Labute approximate surface area is 94.6 Å². The summed E-state index contributed by atoms with van der Waals surface area (Å²) in [7, 11) is 0. The number of nitrogens with zero attached hydrogens (tertiary/aromatic N) is 2. The van der Waals surface area contributed by atoms with Crippen LogP contribution in [0.25, 0.3) is 0 Å². The Balaban J connectivity index is 2.20. The van der Waals surface area contributed by atoms with Crippen molar-refractivity contribution in [1.82, 2.24) is 15.1 Å². The summed E-state index contributed by atoms with van der Waals surface area (Å²) in [6, 6.07) is 0.467. The number of halogens is 1. The van der Waals surface area contributed by atoms with Crippen LogP contribution in [0.1, 0.15) is 31.5 Å². The summed E-state index contributed by atoms with van der Waals surface area (Å²) in [5.41, 5.74) is 1.03. The third-order valence-electron chi connectivity index (χ3n) is 2.55. The van der Waals surface area contributed by atoms with E-state index in [0.717, 1.165) is 18.7 Å². The maximum atomic E-state index is 6.26. The highest BCUT2D eigenvalue weighted by Gasteiger charge is 2.21. The van der Waals surface area contributed by atoms with Crippen LogP contribution in [0, 0.1) is 0 Å².